The molecule has 4 rings (SSSR count). The Balaban J connectivity index is 1.48. The Hall–Kier alpha value is -2.54. The number of aromatic nitrogens is 2. The maximum atomic E-state index is 5.83. The summed E-state index contributed by atoms with van der Waals surface area (Å²) in [4.78, 5) is 8.58. The minimum absolute atomic E-state index is 0.279. The van der Waals surface area contributed by atoms with Gasteiger partial charge in [0, 0.05) is 25.1 Å². The van der Waals surface area contributed by atoms with Crippen molar-refractivity contribution in [3.8, 4) is 11.5 Å². The highest BCUT2D eigenvalue weighted by Gasteiger charge is 2.20. The van der Waals surface area contributed by atoms with Crippen LogP contribution in [0, 0.1) is 0 Å². The standard InChI is InChI=1S/C16H18N4O3/c17-16-19-12(11-3-4-21-8-11)6-15(20-16)18-7-10-1-2-13-14(5-10)23-9-22-13/h1-2,5-6,11H,3-4,7-9H2,(H3,17,18,19,20). The summed E-state index contributed by atoms with van der Waals surface area (Å²) in [5.41, 5.74) is 7.84. The van der Waals surface area contributed by atoms with Crippen molar-refractivity contribution in [3.63, 3.8) is 0 Å². The first kappa shape index (κ1) is 14.1. The number of nitrogens with one attached hydrogen (secondary N) is 1. The van der Waals surface area contributed by atoms with Gasteiger partial charge in [-0.2, -0.15) is 4.98 Å². The molecule has 2 aliphatic heterocycles. The number of benzene rings is 1. The molecule has 23 heavy (non-hydrogen) atoms. The first-order valence-electron chi connectivity index (χ1n) is 7.62. The lowest BCUT2D eigenvalue weighted by atomic mass is 10.0. The topological polar surface area (TPSA) is 91.5 Å². The number of hydrogen-bond donors (Lipinski definition) is 2. The highest BCUT2D eigenvalue weighted by molar-refractivity contribution is 5.47. The molecule has 1 unspecified atom stereocenters. The fourth-order valence-electron chi connectivity index (χ4n) is 2.80. The second-order valence-electron chi connectivity index (χ2n) is 5.64. The van der Waals surface area contributed by atoms with E-state index in [0.29, 0.717) is 19.1 Å². The van der Waals surface area contributed by atoms with E-state index in [-0.39, 0.29) is 12.7 Å². The van der Waals surface area contributed by atoms with Crippen molar-refractivity contribution in [2.75, 3.05) is 31.1 Å². The van der Waals surface area contributed by atoms with Crippen LogP contribution in [0.3, 0.4) is 0 Å². The number of anilines is 2. The number of rotatable bonds is 4. The summed E-state index contributed by atoms with van der Waals surface area (Å²) < 4.78 is 16.1. The Morgan fingerprint density at radius 2 is 2.09 bits per heavy atom. The average Bonchev–Trinajstić information content (AvgIpc) is 3.23. The molecule has 0 bridgehead atoms. The van der Waals surface area contributed by atoms with Crippen molar-refractivity contribution in [2.24, 2.45) is 0 Å². The van der Waals surface area contributed by atoms with E-state index in [1.807, 2.05) is 24.3 Å². The van der Waals surface area contributed by atoms with Gasteiger partial charge in [-0.25, -0.2) is 4.98 Å². The zero-order valence-corrected chi connectivity index (χ0v) is 12.6. The first-order chi connectivity index (χ1) is 11.3. The van der Waals surface area contributed by atoms with E-state index in [1.165, 1.54) is 0 Å². The molecule has 3 N–H and O–H groups in total. The lowest BCUT2D eigenvalue weighted by Crippen LogP contribution is -2.09. The monoisotopic (exact) mass is 314 g/mol. The summed E-state index contributed by atoms with van der Waals surface area (Å²) in [6, 6.07) is 7.82. The van der Waals surface area contributed by atoms with Gasteiger partial charge in [-0.05, 0) is 24.1 Å². The molecule has 2 aromatic rings. The number of nitrogens with two attached hydrogens (primary N) is 1. The largest absolute Gasteiger partial charge is 0.454 e. The van der Waals surface area contributed by atoms with E-state index >= 15 is 0 Å². The number of ether oxygens (including phenoxy) is 3. The fourth-order valence-corrected chi connectivity index (χ4v) is 2.80. The van der Waals surface area contributed by atoms with Crippen LogP contribution in [0.15, 0.2) is 24.3 Å². The minimum Gasteiger partial charge on any atom is -0.454 e. The van der Waals surface area contributed by atoms with Gasteiger partial charge >= 0.3 is 0 Å². The van der Waals surface area contributed by atoms with Gasteiger partial charge in [0.1, 0.15) is 5.82 Å². The van der Waals surface area contributed by atoms with E-state index in [2.05, 4.69) is 15.3 Å². The summed E-state index contributed by atoms with van der Waals surface area (Å²) in [6.45, 7) is 2.36. The molecule has 1 aromatic heterocycles. The molecule has 1 aromatic carbocycles. The molecule has 0 spiro atoms. The molecule has 2 aliphatic rings. The maximum absolute atomic E-state index is 5.83. The van der Waals surface area contributed by atoms with Crippen molar-refractivity contribution < 1.29 is 14.2 Å². The third-order valence-corrected chi connectivity index (χ3v) is 4.02. The van der Waals surface area contributed by atoms with Crippen LogP contribution in [0.4, 0.5) is 11.8 Å². The van der Waals surface area contributed by atoms with Gasteiger partial charge in [-0.15, -0.1) is 0 Å². The SMILES string of the molecule is Nc1nc(NCc2ccc3c(c2)OCO3)cc(C2CCOC2)n1. The second-order valence-corrected chi connectivity index (χ2v) is 5.64. The third kappa shape index (κ3) is 3.00. The van der Waals surface area contributed by atoms with E-state index in [4.69, 9.17) is 19.9 Å². The maximum Gasteiger partial charge on any atom is 0.231 e. The van der Waals surface area contributed by atoms with E-state index in [1.54, 1.807) is 0 Å². The summed E-state index contributed by atoms with van der Waals surface area (Å²) in [5.74, 6) is 2.85. The zero-order chi connectivity index (χ0) is 15.6. The van der Waals surface area contributed by atoms with Crippen LogP contribution in [0.25, 0.3) is 0 Å². The molecule has 0 saturated carbocycles. The molecule has 7 nitrogen and oxygen atoms in total. The number of nitrogen functional groups attached to an aromatic ring is 1. The van der Waals surface area contributed by atoms with Crippen LogP contribution in [-0.2, 0) is 11.3 Å². The predicted molar refractivity (Wildman–Crippen MR) is 84.5 cm³/mol. The van der Waals surface area contributed by atoms with Crippen molar-refractivity contribution in [1.82, 2.24) is 9.97 Å². The van der Waals surface area contributed by atoms with E-state index < -0.39 is 0 Å². The molecule has 1 fully saturated rings. The normalized spacial score (nSPS) is 19.0. The van der Waals surface area contributed by atoms with Crippen molar-refractivity contribution in [1.29, 1.82) is 0 Å². The van der Waals surface area contributed by atoms with Crippen LogP contribution in [0.1, 0.15) is 23.6 Å². The van der Waals surface area contributed by atoms with Crippen LogP contribution in [0.5, 0.6) is 11.5 Å². The molecule has 7 heteroatoms. The van der Waals surface area contributed by atoms with Gasteiger partial charge in [0.25, 0.3) is 0 Å². The van der Waals surface area contributed by atoms with Gasteiger partial charge in [0.15, 0.2) is 11.5 Å². The van der Waals surface area contributed by atoms with Crippen LogP contribution in [-0.4, -0.2) is 30.0 Å². The second kappa shape index (κ2) is 5.92. The molecule has 3 heterocycles. The van der Waals surface area contributed by atoms with Crippen LogP contribution in [0.2, 0.25) is 0 Å². The summed E-state index contributed by atoms with van der Waals surface area (Å²) in [7, 11) is 0. The van der Waals surface area contributed by atoms with Crippen molar-refractivity contribution >= 4 is 11.8 Å². The quantitative estimate of drug-likeness (QED) is 0.890. The molecule has 1 atom stereocenters. The molecule has 0 amide bonds. The molecule has 1 saturated heterocycles. The third-order valence-electron chi connectivity index (χ3n) is 4.02. The number of hydrogen-bond acceptors (Lipinski definition) is 7. The van der Waals surface area contributed by atoms with Gasteiger partial charge in [0.05, 0.1) is 12.3 Å². The zero-order valence-electron chi connectivity index (χ0n) is 12.6. The van der Waals surface area contributed by atoms with Crippen molar-refractivity contribution in [3.05, 3.63) is 35.5 Å². The molecule has 0 radical (unpaired) electrons. The Morgan fingerprint density at radius 1 is 1.17 bits per heavy atom. The van der Waals surface area contributed by atoms with E-state index in [9.17, 15) is 0 Å². The lowest BCUT2D eigenvalue weighted by molar-refractivity contribution is 0.174. The minimum atomic E-state index is 0.279. The number of nitrogens with zero attached hydrogens (tertiary/aromatic N) is 2. The highest BCUT2D eigenvalue weighted by Crippen LogP contribution is 2.32. The predicted octanol–water partition coefficient (Wildman–Crippen LogP) is 1.90. The van der Waals surface area contributed by atoms with Crippen LogP contribution < -0.4 is 20.5 Å². The lowest BCUT2D eigenvalue weighted by Gasteiger charge is -2.11. The Labute approximate surface area is 133 Å². The Morgan fingerprint density at radius 3 is 2.96 bits per heavy atom. The first-order valence-corrected chi connectivity index (χ1v) is 7.62. The summed E-state index contributed by atoms with van der Waals surface area (Å²) in [6.07, 6.45) is 0.970. The Kier molecular flexibility index (Phi) is 3.63. The summed E-state index contributed by atoms with van der Waals surface area (Å²) in [5, 5.41) is 3.29. The fraction of sp³-hybridized carbons (Fsp3) is 0.375. The smallest absolute Gasteiger partial charge is 0.231 e. The molecular weight excluding hydrogens is 296 g/mol. The highest BCUT2D eigenvalue weighted by atomic mass is 16.7. The van der Waals surface area contributed by atoms with Gasteiger partial charge in [-0.3, -0.25) is 0 Å². The average molecular weight is 314 g/mol. The molecule has 0 aliphatic carbocycles. The summed E-state index contributed by atoms with van der Waals surface area (Å²) >= 11 is 0. The number of fused-ring (bicyclic) bond motifs is 1. The van der Waals surface area contributed by atoms with Crippen molar-refractivity contribution in [2.45, 2.75) is 18.9 Å². The van der Waals surface area contributed by atoms with Gasteiger partial charge in [0.2, 0.25) is 12.7 Å². The van der Waals surface area contributed by atoms with Gasteiger partial charge in [-0.1, -0.05) is 6.07 Å². The van der Waals surface area contributed by atoms with E-state index in [0.717, 1.165) is 41.6 Å². The molecular formula is C16H18N4O3. The molecule has 120 valence electrons. The van der Waals surface area contributed by atoms with Gasteiger partial charge < -0.3 is 25.3 Å². The van der Waals surface area contributed by atoms with Crippen LogP contribution >= 0.6 is 0 Å². The Bertz CT molecular complexity index is 716.